The summed E-state index contributed by atoms with van der Waals surface area (Å²) >= 11 is 0. The molecular weight excluding hydrogens is 400 g/mol. The lowest BCUT2D eigenvalue weighted by Gasteiger charge is -2.42. The Bertz CT molecular complexity index is 955. The third-order valence-electron chi connectivity index (χ3n) is 6.61. The van der Waals surface area contributed by atoms with E-state index in [0.29, 0.717) is 26.1 Å². The maximum absolute atomic E-state index is 13.5. The zero-order valence-corrected chi connectivity index (χ0v) is 18.8. The summed E-state index contributed by atoms with van der Waals surface area (Å²) in [5, 5.41) is 0. The Kier molecular flexibility index (Phi) is 7.00. The number of likely N-dealkylation sites (tertiary alicyclic amines) is 1. The molecule has 0 spiro atoms. The van der Waals surface area contributed by atoms with Gasteiger partial charge in [-0.05, 0) is 55.6 Å². The second-order valence-corrected chi connectivity index (χ2v) is 8.69. The zero-order valence-electron chi connectivity index (χ0n) is 18.8. The SMILES string of the molecule is C=CCN1CCN(C(=O)[C@H](C)N2CCCC2)[C@H](Cc2cccc(-c3cccnc3)c2)C1=O. The smallest absolute Gasteiger partial charge is 0.246 e. The van der Waals surface area contributed by atoms with E-state index in [1.165, 1.54) is 0 Å². The number of amides is 2. The van der Waals surface area contributed by atoms with Crippen LogP contribution in [0.2, 0.25) is 0 Å². The number of piperazine rings is 1. The van der Waals surface area contributed by atoms with Crippen molar-refractivity contribution >= 4 is 11.8 Å². The average Bonchev–Trinajstić information content (AvgIpc) is 3.37. The molecule has 168 valence electrons. The van der Waals surface area contributed by atoms with Gasteiger partial charge in [-0.15, -0.1) is 6.58 Å². The van der Waals surface area contributed by atoms with Crippen molar-refractivity contribution in [2.24, 2.45) is 0 Å². The molecule has 0 N–H and O–H groups in total. The molecular formula is C26H32N4O2. The quantitative estimate of drug-likeness (QED) is 0.631. The highest BCUT2D eigenvalue weighted by Gasteiger charge is 2.39. The van der Waals surface area contributed by atoms with E-state index in [1.807, 2.05) is 53.3 Å². The number of nitrogens with zero attached hydrogens (tertiary/aromatic N) is 4. The first-order chi connectivity index (χ1) is 15.6. The largest absolute Gasteiger partial charge is 0.335 e. The molecule has 2 aromatic rings. The van der Waals surface area contributed by atoms with Gasteiger partial charge in [0.15, 0.2) is 0 Å². The molecule has 2 saturated heterocycles. The number of carbonyl (C=O) groups excluding carboxylic acids is 2. The molecule has 1 aromatic heterocycles. The van der Waals surface area contributed by atoms with Crippen molar-refractivity contribution in [3.63, 3.8) is 0 Å². The third-order valence-corrected chi connectivity index (χ3v) is 6.61. The summed E-state index contributed by atoms with van der Waals surface area (Å²) in [5.41, 5.74) is 3.13. The van der Waals surface area contributed by atoms with Gasteiger partial charge in [-0.2, -0.15) is 0 Å². The molecule has 4 rings (SSSR count). The average molecular weight is 433 g/mol. The summed E-state index contributed by atoms with van der Waals surface area (Å²) in [6.07, 6.45) is 8.11. The van der Waals surface area contributed by atoms with Crippen LogP contribution in [0.4, 0.5) is 0 Å². The Hall–Kier alpha value is -2.99. The minimum atomic E-state index is -0.495. The Morgan fingerprint density at radius 3 is 2.66 bits per heavy atom. The predicted molar refractivity (Wildman–Crippen MR) is 126 cm³/mol. The molecule has 2 fully saturated rings. The number of hydrogen-bond donors (Lipinski definition) is 0. The highest BCUT2D eigenvalue weighted by atomic mass is 16.2. The summed E-state index contributed by atoms with van der Waals surface area (Å²) in [4.78, 5) is 36.9. The van der Waals surface area contributed by atoms with Gasteiger partial charge in [-0.25, -0.2) is 0 Å². The molecule has 6 heteroatoms. The lowest BCUT2D eigenvalue weighted by molar-refractivity contribution is -0.153. The standard InChI is InChI=1S/C26H32N4O2/c1-3-12-29-15-16-30(25(31)20(2)28-13-4-5-14-28)24(26(29)32)18-21-8-6-9-22(17-21)23-10-7-11-27-19-23/h3,6-11,17,19-20,24H,1,4-5,12-16,18H2,2H3/t20-,24+/m0/s1. The predicted octanol–water partition coefficient (Wildman–Crippen LogP) is 3.00. The lowest BCUT2D eigenvalue weighted by Crippen LogP contribution is -2.62. The number of pyridine rings is 1. The molecule has 0 aliphatic carbocycles. The second kappa shape index (κ2) is 10.1. The normalized spacial score (nSPS) is 20.4. The number of carbonyl (C=O) groups is 2. The minimum Gasteiger partial charge on any atom is -0.335 e. The second-order valence-electron chi connectivity index (χ2n) is 8.69. The van der Waals surface area contributed by atoms with Crippen LogP contribution < -0.4 is 0 Å². The highest BCUT2D eigenvalue weighted by molar-refractivity contribution is 5.91. The van der Waals surface area contributed by atoms with Crippen LogP contribution in [-0.2, 0) is 16.0 Å². The Labute approximate surface area is 190 Å². The maximum Gasteiger partial charge on any atom is 0.246 e. The molecule has 0 bridgehead atoms. The van der Waals surface area contributed by atoms with Crippen LogP contribution in [0.15, 0.2) is 61.4 Å². The van der Waals surface area contributed by atoms with E-state index in [0.717, 1.165) is 42.6 Å². The number of hydrogen-bond acceptors (Lipinski definition) is 4. The third kappa shape index (κ3) is 4.75. The van der Waals surface area contributed by atoms with Crippen LogP contribution in [-0.4, -0.2) is 76.3 Å². The van der Waals surface area contributed by atoms with Crippen LogP contribution in [0.5, 0.6) is 0 Å². The monoisotopic (exact) mass is 432 g/mol. The van der Waals surface area contributed by atoms with Gasteiger partial charge in [0.05, 0.1) is 6.04 Å². The van der Waals surface area contributed by atoms with Crippen molar-refractivity contribution < 1.29 is 9.59 Å². The Morgan fingerprint density at radius 2 is 1.94 bits per heavy atom. The summed E-state index contributed by atoms with van der Waals surface area (Å²) < 4.78 is 0. The molecule has 2 amide bonds. The van der Waals surface area contributed by atoms with E-state index >= 15 is 0 Å². The van der Waals surface area contributed by atoms with Crippen LogP contribution in [0, 0.1) is 0 Å². The van der Waals surface area contributed by atoms with Crippen molar-refractivity contribution in [2.75, 3.05) is 32.7 Å². The number of rotatable bonds is 7. The first-order valence-corrected chi connectivity index (χ1v) is 11.5. The van der Waals surface area contributed by atoms with Crippen molar-refractivity contribution in [1.82, 2.24) is 19.7 Å². The molecule has 6 nitrogen and oxygen atoms in total. The first-order valence-electron chi connectivity index (χ1n) is 11.5. The molecule has 3 heterocycles. The van der Waals surface area contributed by atoms with E-state index < -0.39 is 6.04 Å². The van der Waals surface area contributed by atoms with Gasteiger partial charge in [0.2, 0.25) is 11.8 Å². The fourth-order valence-electron chi connectivity index (χ4n) is 4.80. The van der Waals surface area contributed by atoms with Gasteiger partial charge < -0.3 is 9.80 Å². The summed E-state index contributed by atoms with van der Waals surface area (Å²) in [6.45, 7) is 9.30. The molecule has 1 aromatic carbocycles. The van der Waals surface area contributed by atoms with Gasteiger partial charge in [0.1, 0.15) is 6.04 Å². The zero-order chi connectivity index (χ0) is 22.5. The fraction of sp³-hybridized carbons (Fsp3) is 0.423. The van der Waals surface area contributed by atoms with Crippen LogP contribution in [0.3, 0.4) is 0 Å². The van der Waals surface area contributed by atoms with Crippen molar-refractivity contribution in [2.45, 2.75) is 38.3 Å². The van der Waals surface area contributed by atoms with Gasteiger partial charge in [0, 0.05) is 38.4 Å². The number of benzene rings is 1. The summed E-state index contributed by atoms with van der Waals surface area (Å²) in [7, 11) is 0. The molecule has 2 aliphatic rings. The molecule has 2 atom stereocenters. The van der Waals surface area contributed by atoms with E-state index in [-0.39, 0.29) is 17.9 Å². The van der Waals surface area contributed by atoms with Crippen molar-refractivity contribution in [3.05, 3.63) is 67.0 Å². The molecule has 0 radical (unpaired) electrons. The van der Waals surface area contributed by atoms with Gasteiger partial charge in [-0.3, -0.25) is 19.5 Å². The lowest BCUT2D eigenvalue weighted by atomic mass is 9.97. The van der Waals surface area contributed by atoms with Crippen LogP contribution in [0.25, 0.3) is 11.1 Å². The first kappa shape index (κ1) is 22.2. The number of aromatic nitrogens is 1. The van der Waals surface area contributed by atoms with Gasteiger partial charge in [0.25, 0.3) is 0 Å². The van der Waals surface area contributed by atoms with Gasteiger partial charge >= 0.3 is 0 Å². The molecule has 0 unspecified atom stereocenters. The maximum atomic E-state index is 13.5. The van der Waals surface area contributed by atoms with E-state index in [9.17, 15) is 9.59 Å². The summed E-state index contributed by atoms with van der Waals surface area (Å²) in [5.74, 6) is 0.0665. The van der Waals surface area contributed by atoms with Gasteiger partial charge in [-0.1, -0.05) is 36.4 Å². The topological polar surface area (TPSA) is 56.8 Å². The molecule has 2 aliphatic heterocycles. The van der Waals surface area contributed by atoms with Crippen molar-refractivity contribution in [3.8, 4) is 11.1 Å². The molecule has 32 heavy (non-hydrogen) atoms. The van der Waals surface area contributed by atoms with Crippen LogP contribution >= 0.6 is 0 Å². The van der Waals surface area contributed by atoms with Crippen LogP contribution in [0.1, 0.15) is 25.3 Å². The Balaban J connectivity index is 1.58. The van der Waals surface area contributed by atoms with E-state index in [2.05, 4.69) is 22.5 Å². The van der Waals surface area contributed by atoms with E-state index in [1.54, 1.807) is 12.3 Å². The Morgan fingerprint density at radius 1 is 1.16 bits per heavy atom. The minimum absolute atomic E-state index is 0.00454. The molecule has 0 saturated carbocycles. The highest BCUT2D eigenvalue weighted by Crippen LogP contribution is 2.24. The fourth-order valence-corrected chi connectivity index (χ4v) is 4.80. The summed E-state index contributed by atoms with van der Waals surface area (Å²) in [6, 6.07) is 11.4. The van der Waals surface area contributed by atoms with E-state index in [4.69, 9.17) is 0 Å². The van der Waals surface area contributed by atoms with Crippen molar-refractivity contribution in [1.29, 1.82) is 0 Å².